The van der Waals surface area contributed by atoms with E-state index in [1.807, 2.05) is 4.90 Å². The molecule has 7 nitrogen and oxygen atoms in total. The minimum atomic E-state index is -2.61. The third-order valence-corrected chi connectivity index (χ3v) is 4.39. The zero-order valence-electron chi connectivity index (χ0n) is 15.2. The number of alkyl halides is 2. The summed E-state index contributed by atoms with van der Waals surface area (Å²) in [6.07, 6.45) is 7.81. The number of carbonyl (C=O) groups excluding carboxylic acids is 1. The lowest BCUT2D eigenvalue weighted by molar-refractivity contribution is 0.0620. The summed E-state index contributed by atoms with van der Waals surface area (Å²) in [5, 5.41) is 2.83. The van der Waals surface area contributed by atoms with E-state index < -0.39 is 6.55 Å². The van der Waals surface area contributed by atoms with Crippen LogP contribution in [-0.4, -0.2) is 58.2 Å². The molecule has 1 N–H and O–H groups in total. The third-order valence-electron chi connectivity index (χ3n) is 4.39. The van der Waals surface area contributed by atoms with Gasteiger partial charge in [-0.1, -0.05) is 12.0 Å². The van der Waals surface area contributed by atoms with Gasteiger partial charge in [0.15, 0.2) is 0 Å². The number of amides is 2. The highest BCUT2D eigenvalue weighted by Gasteiger charge is 2.23. The van der Waals surface area contributed by atoms with E-state index in [0.717, 1.165) is 4.57 Å². The van der Waals surface area contributed by atoms with Crippen molar-refractivity contribution in [2.24, 2.45) is 0 Å². The number of piperazine rings is 1. The van der Waals surface area contributed by atoms with E-state index in [1.165, 1.54) is 12.4 Å². The van der Waals surface area contributed by atoms with Crippen molar-refractivity contribution >= 4 is 11.7 Å². The van der Waals surface area contributed by atoms with Gasteiger partial charge in [-0.25, -0.2) is 9.78 Å². The maximum atomic E-state index is 12.9. The van der Waals surface area contributed by atoms with E-state index >= 15 is 0 Å². The summed E-state index contributed by atoms with van der Waals surface area (Å²) in [6.45, 7) is 0.0157. The second-order valence-corrected chi connectivity index (χ2v) is 6.24. The fraction of sp³-hybridized carbons (Fsp3) is 0.368. The Morgan fingerprint density at radius 3 is 2.82 bits per heavy atom. The lowest BCUT2D eigenvalue weighted by atomic mass is 10.3. The largest absolute Gasteiger partial charge is 0.481 e. The highest BCUT2D eigenvalue weighted by Crippen LogP contribution is 2.18. The number of hydrogen-bond acceptors (Lipinski definition) is 4. The van der Waals surface area contributed by atoms with E-state index in [0.29, 0.717) is 50.0 Å². The molecule has 0 atom stereocenters. The molecule has 2 amide bonds. The van der Waals surface area contributed by atoms with Gasteiger partial charge in [0.05, 0.1) is 6.54 Å². The van der Waals surface area contributed by atoms with Gasteiger partial charge < -0.3 is 15.0 Å². The fourth-order valence-electron chi connectivity index (χ4n) is 2.94. The van der Waals surface area contributed by atoms with Crippen LogP contribution in [0.25, 0.3) is 0 Å². The van der Waals surface area contributed by atoms with Gasteiger partial charge in [0.1, 0.15) is 18.2 Å². The number of carbonyl (C=O) groups is 1. The standard InChI is InChI=1S/C19H21F2N5O2/c1-2-12-28-16-5-3-4-15(13-16)23-19(27)25-10-8-24(9-11-25)14-17-22-6-7-26(17)18(20)21/h1,3-7,13,18H,8-12,14H2,(H,23,27). The van der Waals surface area contributed by atoms with Crippen LogP contribution in [0.5, 0.6) is 5.75 Å². The van der Waals surface area contributed by atoms with Crippen molar-refractivity contribution in [3.63, 3.8) is 0 Å². The number of anilines is 1. The van der Waals surface area contributed by atoms with E-state index in [1.54, 1.807) is 29.2 Å². The Hall–Kier alpha value is -3.12. The van der Waals surface area contributed by atoms with Crippen molar-refractivity contribution in [3.05, 3.63) is 42.5 Å². The van der Waals surface area contributed by atoms with Crippen molar-refractivity contribution in [1.82, 2.24) is 19.4 Å². The Morgan fingerprint density at radius 1 is 1.32 bits per heavy atom. The molecule has 1 aliphatic rings. The maximum Gasteiger partial charge on any atom is 0.321 e. The molecule has 148 valence electrons. The summed E-state index contributed by atoms with van der Waals surface area (Å²) in [5.41, 5.74) is 0.612. The molecular weight excluding hydrogens is 368 g/mol. The molecule has 0 saturated carbocycles. The number of nitrogens with one attached hydrogen (secondary N) is 1. The molecule has 0 radical (unpaired) electrons. The number of ether oxygens (including phenoxy) is 1. The SMILES string of the molecule is C#CCOc1cccc(NC(=O)N2CCN(Cc3nccn3C(F)F)CC2)c1. The Balaban J connectivity index is 1.50. The van der Waals surface area contributed by atoms with Crippen molar-refractivity contribution in [1.29, 1.82) is 0 Å². The molecular formula is C19H21F2N5O2. The van der Waals surface area contributed by atoms with Crippen molar-refractivity contribution in [3.8, 4) is 18.1 Å². The Kier molecular flexibility index (Phi) is 6.45. The monoisotopic (exact) mass is 389 g/mol. The molecule has 3 rings (SSSR count). The molecule has 1 saturated heterocycles. The van der Waals surface area contributed by atoms with Crippen LogP contribution < -0.4 is 10.1 Å². The molecule has 0 unspecified atom stereocenters. The average Bonchev–Trinajstić information content (AvgIpc) is 3.15. The minimum absolute atomic E-state index is 0.156. The van der Waals surface area contributed by atoms with Crippen molar-refractivity contribution in [2.75, 3.05) is 38.1 Å². The molecule has 2 heterocycles. The Bertz CT molecular complexity index is 841. The van der Waals surface area contributed by atoms with Gasteiger partial charge in [0, 0.05) is 50.3 Å². The van der Waals surface area contributed by atoms with Crippen molar-refractivity contribution in [2.45, 2.75) is 13.1 Å². The molecule has 1 aromatic carbocycles. The van der Waals surface area contributed by atoms with Crippen LogP contribution in [0.2, 0.25) is 0 Å². The number of nitrogens with zero attached hydrogens (tertiary/aromatic N) is 4. The van der Waals surface area contributed by atoms with E-state index in [4.69, 9.17) is 11.2 Å². The third kappa shape index (κ3) is 4.98. The van der Waals surface area contributed by atoms with Gasteiger partial charge in [-0.3, -0.25) is 9.47 Å². The van der Waals surface area contributed by atoms with E-state index in [-0.39, 0.29) is 12.6 Å². The second-order valence-electron chi connectivity index (χ2n) is 6.24. The van der Waals surface area contributed by atoms with Gasteiger partial charge in [0.2, 0.25) is 0 Å². The molecule has 0 bridgehead atoms. The van der Waals surface area contributed by atoms with Crippen LogP contribution in [0.15, 0.2) is 36.7 Å². The minimum Gasteiger partial charge on any atom is -0.481 e. The van der Waals surface area contributed by atoms with Crippen LogP contribution in [0.4, 0.5) is 19.3 Å². The molecule has 0 aliphatic carbocycles. The molecule has 28 heavy (non-hydrogen) atoms. The number of halogens is 2. The number of hydrogen-bond donors (Lipinski definition) is 1. The summed E-state index contributed by atoms with van der Waals surface area (Å²) < 4.78 is 32.0. The molecule has 9 heteroatoms. The topological polar surface area (TPSA) is 62.6 Å². The smallest absolute Gasteiger partial charge is 0.321 e. The van der Waals surface area contributed by atoms with E-state index in [2.05, 4.69) is 16.2 Å². The lowest BCUT2D eigenvalue weighted by Crippen LogP contribution is -2.49. The molecule has 2 aromatic rings. The Labute approximate surface area is 161 Å². The summed E-state index contributed by atoms with van der Waals surface area (Å²) in [7, 11) is 0. The van der Waals surface area contributed by atoms with E-state index in [9.17, 15) is 13.6 Å². The first-order valence-electron chi connectivity index (χ1n) is 8.81. The predicted molar refractivity (Wildman–Crippen MR) is 100 cm³/mol. The molecule has 1 fully saturated rings. The normalized spacial score (nSPS) is 14.7. The molecule has 1 aromatic heterocycles. The van der Waals surface area contributed by atoms with Crippen LogP contribution >= 0.6 is 0 Å². The first-order chi connectivity index (χ1) is 13.6. The number of aromatic nitrogens is 2. The number of rotatable bonds is 6. The summed E-state index contributed by atoms with van der Waals surface area (Å²) in [5.74, 6) is 3.28. The predicted octanol–water partition coefficient (Wildman–Crippen LogP) is 2.64. The lowest BCUT2D eigenvalue weighted by Gasteiger charge is -2.34. The van der Waals surface area contributed by atoms with Crippen LogP contribution in [0, 0.1) is 12.3 Å². The van der Waals surface area contributed by atoms with Crippen LogP contribution in [-0.2, 0) is 6.54 Å². The highest BCUT2D eigenvalue weighted by molar-refractivity contribution is 5.89. The maximum absolute atomic E-state index is 12.9. The first kappa shape index (κ1) is 19.6. The summed E-state index contributed by atoms with van der Waals surface area (Å²) in [6, 6.07) is 6.78. The zero-order chi connectivity index (χ0) is 19.9. The average molecular weight is 389 g/mol. The molecule has 1 aliphatic heterocycles. The van der Waals surface area contributed by atoms with Gasteiger partial charge in [0.25, 0.3) is 0 Å². The number of imidazole rings is 1. The highest BCUT2D eigenvalue weighted by atomic mass is 19.3. The quantitative estimate of drug-likeness (QED) is 0.772. The summed E-state index contributed by atoms with van der Waals surface area (Å²) >= 11 is 0. The fourth-order valence-corrected chi connectivity index (χ4v) is 2.94. The first-order valence-corrected chi connectivity index (χ1v) is 8.81. The number of benzene rings is 1. The Morgan fingerprint density at radius 2 is 2.11 bits per heavy atom. The van der Waals surface area contributed by atoms with Gasteiger partial charge >= 0.3 is 12.6 Å². The zero-order valence-corrected chi connectivity index (χ0v) is 15.2. The summed E-state index contributed by atoms with van der Waals surface area (Å²) in [4.78, 5) is 20.1. The van der Waals surface area contributed by atoms with Crippen LogP contribution in [0.3, 0.4) is 0 Å². The van der Waals surface area contributed by atoms with Crippen LogP contribution in [0.1, 0.15) is 12.4 Å². The number of urea groups is 1. The van der Waals surface area contributed by atoms with Gasteiger partial charge in [-0.05, 0) is 12.1 Å². The number of terminal acetylenes is 1. The van der Waals surface area contributed by atoms with Gasteiger partial charge in [-0.2, -0.15) is 8.78 Å². The van der Waals surface area contributed by atoms with Crippen molar-refractivity contribution < 1.29 is 18.3 Å². The van der Waals surface area contributed by atoms with Gasteiger partial charge in [-0.15, -0.1) is 6.42 Å². The molecule has 0 spiro atoms. The second kappa shape index (κ2) is 9.19.